The molecule has 0 spiro atoms. The number of hydrogen-bond acceptors (Lipinski definition) is 4. The first-order valence-corrected chi connectivity index (χ1v) is 11.2. The Labute approximate surface area is 192 Å². The van der Waals surface area contributed by atoms with Gasteiger partial charge in [-0.1, -0.05) is 23.7 Å². The number of carbonyl (C=O) groups excluding carboxylic acids is 1. The van der Waals surface area contributed by atoms with Crippen molar-refractivity contribution in [2.75, 3.05) is 31.5 Å². The number of halogens is 1. The van der Waals surface area contributed by atoms with Crippen LogP contribution >= 0.6 is 11.6 Å². The highest BCUT2D eigenvalue weighted by Crippen LogP contribution is 2.33. The molecule has 1 N–H and O–H groups in total. The Balaban J connectivity index is 1.14. The summed E-state index contributed by atoms with van der Waals surface area (Å²) in [4.78, 5) is 21.0. The lowest BCUT2D eigenvalue weighted by Crippen LogP contribution is -2.36. The summed E-state index contributed by atoms with van der Waals surface area (Å²) in [5, 5.41) is 3.64. The Bertz CT molecular complexity index is 1060. The molecule has 32 heavy (non-hydrogen) atoms. The highest BCUT2D eigenvalue weighted by Gasteiger charge is 2.41. The van der Waals surface area contributed by atoms with Crippen molar-refractivity contribution >= 4 is 23.3 Å². The number of likely N-dealkylation sites (tertiary alicyclic amines) is 2. The van der Waals surface area contributed by atoms with Crippen LogP contribution in [0.5, 0.6) is 11.5 Å². The molecule has 2 atom stereocenters. The number of pyridine rings is 1. The first kappa shape index (κ1) is 20.8. The summed E-state index contributed by atoms with van der Waals surface area (Å²) in [6, 6.07) is 19.2. The number of carbonyl (C=O) groups is 1. The van der Waals surface area contributed by atoms with Crippen LogP contribution in [0.3, 0.4) is 0 Å². The predicted octanol–water partition coefficient (Wildman–Crippen LogP) is 5.12. The number of fused-ring (bicyclic) bond motifs is 1. The molecule has 0 bridgehead atoms. The van der Waals surface area contributed by atoms with Gasteiger partial charge in [0.2, 0.25) is 0 Å². The molecule has 2 fully saturated rings. The molecule has 6 nitrogen and oxygen atoms in total. The van der Waals surface area contributed by atoms with Crippen molar-refractivity contribution in [2.45, 2.75) is 6.54 Å². The normalized spacial score (nSPS) is 20.2. The zero-order valence-electron chi connectivity index (χ0n) is 17.7. The summed E-state index contributed by atoms with van der Waals surface area (Å²) in [5.74, 6) is 2.63. The van der Waals surface area contributed by atoms with Crippen LogP contribution in [0.25, 0.3) is 0 Å². The van der Waals surface area contributed by atoms with Gasteiger partial charge in [0.1, 0.15) is 11.5 Å². The van der Waals surface area contributed by atoms with E-state index < -0.39 is 0 Å². The number of amides is 2. The van der Waals surface area contributed by atoms with Crippen molar-refractivity contribution in [3.05, 3.63) is 83.6 Å². The van der Waals surface area contributed by atoms with Crippen molar-refractivity contribution in [1.29, 1.82) is 0 Å². The molecule has 0 saturated carbocycles. The van der Waals surface area contributed by atoms with Crippen LogP contribution in [0.2, 0.25) is 5.02 Å². The molecule has 2 amide bonds. The van der Waals surface area contributed by atoms with Gasteiger partial charge in [0.25, 0.3) is 0 Å². The number of anilines is 1. The summed E-state index contributed by atoms with van der Waals surface area (Å²) in [7, 11) is 0. The van der Waals surface area contributed by atoms with Gasteiger partial charge in [-0.05, 0) is 65.9 Å². The van der Waals surface area contributed by atoms with Gasteiger partial charge in [-0.3, -0.25) is 9.88 Å². The van der Waals surface area contributed by atoms with Gasteiger partial charge in [-0.2, -0.15) is 0 Å². The van der Waals surface area contributed by atoms with E-state index in [1.807, 2.05) is 53.4 Å². The smallest absolute Gasteiger partial charge is 0.321 e. The van der Waals surface area contributed by atoms with Crippen LogP contribution < -0.4 is 10.1 Å². The zero-order valence-corrected chi connectivity index (χ0v) is 18.4. The Morgan fingerprint density at radius 3 is 2.50 bits per heavy atom. The van der Waals surface area contributed by atoms with Crippen molar-refractivity contribution in [2.24, 2.45) is 11.8 Å². The van der Waals surface area contributed by atoms with Crippen LogP contribution in [-0.4, -0.2) is 47.0 Å². The highest BCUT2D eigenvalue weighted by atomic mass is 35.5. The molecule has 2 aliphatic rings. The summed E-state index contributed by atoms with van der Waals surface area (Å²) in [5.41, 5.74) is 1.96. The maximum atomic E-state index is 12.6. The number of hydrogen-bond donors (Lipinski definition) is 1. The third-order valence-electron chi connectivity index (χ3n) is 6.12. The summed E-state index contributed by atoms with van der Waals surface area (Å²) in [6.07, 6.45) is 3.37. The fourth-order valence-corrected chi connectivity index (χ4v) is 4.75. The first-order chi connectivity index (χ1) is 15.6. The van der Waals surface area contributed by atoms with Crippen molar-refractivity contribution in [1.82, 2.24) is 14.8 Å². The van der Waals surface area contributed by atoms with E-state index in [9.17, 15) is 4.79 Å². The van der Waals surface area contributed by atoms with Gasteiger partial charge in [0.15, 0.2) is 0 Å². The fourth-order valence-electron chi connectivity index (χ4n) is 4.63. The van der Waals surface area contributed by atoms with Gasteiger partial charge in [-0.15, -0.1) is 0 Å². The van der Waals surface area contributed by atoms with Crippen LogP contribution in [0.4, 0.5) is 10.5 Å². The lowest BCUT2D eigenvalue weighted by atomic mass is 10.0. The van der Waals surface area contributed by atoms with E-state index in [0.717, 1.165) is 49.9 Å². The van der Waals surface area contributed by atoms with Crippen LogP contribution in [-0.2, 0) is 6.54 Å². The van der Waals surface area contributed by atoms with E-state index >= 15 is 0 Å². The average molecular weight is 449 g/mol. The molecule has 5 rings (SSSR count). The van der Waals surface area contributed by atoms with Crippen LogP contribution in [0.15, 0.2) is 73.1 Å². The van der Waals surface area contributed by atoms with Gasteiger partial charge in [0, 0.05) is 43.9 Å². The molecule has 0 aliphatic carbocycles. The molecule has 1 aromatic heterocycles. The standard InChI is InChI=1S/C25H25ClN4O2/c26-21-6-8-23(9-7-21)32-24-5-1-3-18(11-24)13-29-14-19-16-30(17-20(19)15-29)25(31)28-22-4-2-10-27-12-22/h1-12,19-20H,13-17H2,(H,28,31)/t19-,20+. The Morgan fingerprint density at radius 2 is 1.78 bits per heavy atom. The Morgan fingerprint density at radius 1 is 1.00 bits per heavy atom. The van der Waals surface area contributed by atoms with E-state index in [0.29, 0.717) is 16.9 Å². The molecule has 2 saturated heterocycles. The molecule has 164 valence electrons. The largest absolute Gasteiger partial charge is 0.457 e. The molecule has 3 aromatic rings. The van der Waals surface area contributed by atoms with Gasteiger partial charge < -0.3 is 15.0 Å². The van der Waals surface area contributed by atoms with E-state index in [2.05, 4.69) is 27.3 Å². The van der Waals surface area contributed by atoms with E-state index in [-0.39, 0.29) is 6.03 Å². The highest BCUT2D eigenvalue weighted by molar-refractivity contribution is 6.30. The van der Waals surface area contributed by atoms with Crippen molar-refractivity contribution < 1.29 is 9.53 Å². The number of ether oxygens (including phenoxy) is 1. The fraction of sp³-hybridized carbons (Fsp3) is 0.280. The summed E-state index contributed by atoms with van der Waals surface area (Å²) >= 11 is 5.95. The van der Waals surface area contributed by atoms with Crippen molar-refractivity contribution in [3.8, 4) is 11.5 Å². The Kier molecular flexibility index (Phi) is 5.97. The number of benzene rings is 2. The number of rotatable bonds is 5. The Hall–Kier alpha value is -3.09. The molecule has 3 heterocycles. The third kappa shape index (κ3) is 4.87. The molecule has 0 radical (unpaired) electrons. The molecule has 2 aliphatic heterocycles. The van der Waals surface area contributed by atoms with Gasteiger partial charge >= 0.3 is 6.03 Å². The van der Waals surface area contributed by atoms with E-state index in [4.69, 9.17) is 16.3 Å². The number of urea groups is 1. The topological polar surface area (TPSA) is 57.7 Å². The van der Waals surface area contributed by atoms with Gasteiger partial charge in [0.05, 0.1) is 11.9 Å². The summed E-state index contributed by atoms with van der Waals surface area (Å²) < 4.78 is 5.97. The zero-order chi connectivity index (χ0) is 21.9. The monoisotopic (exact) mass is 448 g/mol. The molecular weight excluding hydrogens is 424 g/mol. The number of aromatic nitrogens is 1. The van der Waals surface area contributed by atoms with Crippen molar-refractivity contribution in [3.63, 3.8) is 0 Å². The SMILES string of the molecule is O=C(Nc1cccnc1)N1C[C@H]2CN(Cc3cccc(Oc4ccc(Cl)cc4)c3)C[C@H]2C1. The first-order valence-electron chi connectivity index (χ1n) is 10.8. The minimum atomic E-state index is -0.0361. The summed E-state index contributed by atoms with van der Waals surface area (Å²) in [6.45, 7) is 4.49. The second kappa shape index (κ2) is 9.18. The number of nitrogens with zero attached hydrogens (tertiary/aromatic N) is 3. The molecule has 0 unspecified atom stereocenters. The molecule has 7 heteroatoms. The average Bonchev–Trinajstić information content (AvgIpc) is 3.35. The van der Waals surface area contributed by atoms with E-state index in [1.165, 1.54) is 5.56 Å². The van der Waals surface area contributed by atoms with Crippen LogP contribution in [0.1, 0.15) is 5.56 Å². The quantitative estimate of drug-likeness (QED) is 0.588. The minimum Gasteiger partial charge on any atom is -0.457 e. The van der Waals surface area contributed by atoms with E-state index in [1.54, 1.807) is 12.4 Å². The van der Waals surface area contributed by atoms with Crippen LogP contribution in [0, 0.1) is 11.8 Å². The lowest BCUT2D eigenvalue weighted by molar-refractivity contribution is 0.212. The minimum absolute atomic E-state index is 0.0361. The maximum Gasteiger partial charge on any atom is 0.321 e. The molecule has 2 aromatic carbocycles. The lowest BCUT2D eigenvalue weighted by Gasteiger charge is -2.22. The second-order valence-electron chi connectivity index (χ2n) is 8.49. The maximum absolute atomic E-state index is 12.6. The van der Waals surface area contributed by atoms with Gasteiger partial charge in [-0.25, -0.2) is 4.79 Å². The molecular formula is C25H25ClN4O2. The third-order valence-corrected chi connectivity index (χ3v) is 6.37. The number of nitrogens with one attached hydrogen (secondary N) is 1. The second-order valence-corrected chi connectivity index (χ2v) is 8.93. The predicted molar refractivity (Wildman–Crippen MR) is 125 cm³/mol.